The van der Waals surface area contributed by atoms with E-state index in [4.69, 9.17) is 22.1 Å². The molecule has 0 aliphatic carbocycles. The topological polar surface area (TPSA) is 96.2 Å². The van der Waals surface area contributed by atoms with Gasteiger partial charge in [-0.15, -0.1) is 0 Å². The van der Waals surface area contributed by atoms with Crippen molar-refractivity contribution in [2.75, 3.05) is 38.2 Å². The Balaban J connectivity index is 2.04. The van der Waals surface area contributed by atoms with Crippen molar-refractivity contribution in [1.29, 1.82) is 0 Å². The van der Waals surface area contributed by atoms with Crippen LogP contribution in [0.5, 0.6) is 0 Å². The first-order valence-corrected chi connectivity index (χ1v) is 10.4. The van der Waals surface area contributed by atoms with E-state index in [-0.39, 0.29) is 30.2 Å². The van der Waals surface area contributed by atoms with Crippen LogP contribution in [0.15, 0.2) is 28.0 Å². The summed E-state index contributed by atoms with van der Waals surface area (Å²) in [5, 5.41) is 11.9. The van der Waals surface area contributed by atoms with Crippen molar-refractivity contribution < 1.29 is 14.6 Å². The molecule has 1 amide bonds. The molecule has 2 aromatic rings. The molecule has 3 heterocycles. The molecule has 0 aromatic carbocycles. The number of fused-ring (bicyclic) bond motifs is 1. The van der Waals surface area contributed by atoms with Crippen LogP contribution in [0.1, 0.15) is 18.1 Å². The molecule has 3 rings (SSSR count). The summed E-state index contributed by atoms with van der Waals surface area (Å²) >= 11 is 6.43. The number of likely N-dealkylation sites (N-methyl/N-ethyl adjacent to an activating group) is 1. The van der Waals surface area contributed by atoms with E-state index >= 15 is 0 Å². The Hall–Kier alpha value is -2.27. The lowest BCUT2D eigenvalue weighted by atomic mass is 10.2. The van der Waals surface area contributed by atoms with E-state index in [1.165, 1.54) is 21.1 Å². The van der Waals surface area contributed by atoms with Crippen LogP contribution in [0.3, 0.4) is 0 Å². The molecular weight excluding hydrogens is 412 g/mol. The second kappa shape index (κ2) is 9.49. The molecule has 2 N–H and O–H groups in total. The fraction of sp³-hybridized carbons (Fsp3) is 0.368. The molecule has 1 fully saturated rings. The zero-order valence-corrected chi connectivity index (χ0v) is 17.8. The van der Waals surface area contributed by atoms with E-state index in [9.17, 15) is 9.59 Å². The Morgan fingerprint density at radius 3 is 2.86 bits per heavy atom. The van der Waals surface area contributed by atoms with Gasteiger partial charge in [0.1, 0.15) is 15.8 Å². The highest BCUT2D eigenvalue weighted by atomic mass is 32.2. The summed E-state index contributed by atoms with van der Waals surface area (Å²) in [6, 6.07) is 3.66. The second-order valence-electron chi connectivity index (χ2n) is 6.25. The van der Waals surface area contributed by atoms with Crippen molar-refractivity contribution in [2.45, 2.75) is 13.8 Å². The smallest absolute Gasteiger partial charge is 0.267 e. The summed E-state index contributed by atoms with van der Waals surface area (Å²) in [7, 11) is 0. The molecule has 1 saturated heterocycles. The van der Waals surface area contributed by atoms with Crippen molar-refractivity contribution in [3.63, 3.8) is 0 Å². The first kappa shape index (κ1) is 21.4. The minimum absolute atomic E-state index is 0.0563. The van der Waals surface area contributed by atoms with Crippen LogP contribution < -0.4 is 10.9 Å². The molecule has 0 spiro atoms. The highest BCUT2D eigenvalue weighted by molar-refractivity contribution is 8.26. The standard InChI is InChI=1S/C19H22N4O4S2/c1-3-22-18(26)14(29-19(22)28)11-13-15(20-6-9-27-10-8-24)21-16-12(2)5-4-7-23(16)17(13)25/h4-5,7,11,20,24H,3,6,8-10H2,1-2H3. The van der Waals surface area contributed by atoms with Crippen LogP contribution in [0.2, 0.25) is 0 Å². The Morgan fingerprint density at radius 2 is 2.17 bits per heavy atom. The fourth-order valence-corrected chi connectivity index (χ4v) is 4.25. The average Bonchev–Trinajstić information content (AvgIpc) is 2.97. The number of amides is 1. The summed E-state index contributed by atoms with van der Waals surface area (Å²) < 4.78 is 7.20. The van der Waals surface area contributed by atoms with Crippen LogP contribution in [0, 0.1) is 6.92 Å². The predicted molar refractivity (Wildman–Crippen MR) is 118 cm³/mol. The molecule has 29 heavy (non-hydrogen) atoms. The van der Waals surface area contributed by atoms with Crippen molar-refractivity contribution in [1.82, 2.24) is 14.3 Å². The van der Waals surface area contributed by atoms with Gasteiger partial charge in [-0.2, -0.15) is 0 Å². The molecule has 1 aliphatic rings. The number of carbonyl (C=O) groups excluding carboxylic acids is 1. The monoisotopic (exact) mass is 434 g/mol. The Labute approximate surface area is 177 Å². The fourth-order valence-electron chi connectivity index (χ4n) is 2.89. The molecule has 8 nitrogen and oxygen atoms in total. The van der Waals surface area contributed by atoms with E-state index in [0.29, 0.717) is 40.4 Å². The van der Waals surface area contributed by atoms with Gasteiger partial charge in [-0.1, -0.05) is 30.0 Å². The number of pyridine rings is 1. The van der Waals surface area contributed by atoms with Gasteiger partial charge in [-0.3, -0.25) is 18.9 Å². The molecule has 10 heteroatoms. The maximum Gasteiger partial charge on any atom is 0.267 e. The third-order valence-corrected chi connectivity index (χ3v) is 5.70. The van der Waals surface area contributed by atoms with Gasteiger partial charge in [0.2, 0.25) is 0 Å². The van der Waals surface area contributed by atoms with Crippen molar-refractivity contribution >= 4 is 51.7 Å². The van der Waals surface area contributed by atoms with Crippen molar-refractivity contribution in [3.8, 4) is 0 Å². The van der Waals surface area contributed by atoms with Gasteiger partial charge in [0, 0.05) is 19.3 Å². The Bertz CT molecular complexity index is 1030. The number of rotatable bonds is 8. The van der Waals surface area contributed by atoms with Gasteiger partial charge in [-0.25, -0.2) is 4.98 Å². The van der Waals surface area contributed by atoms with E-state index in [2.05, 4.69) is 10.3 Å². The Morgan fingerprint density at radius 1 is 1.38 bits per heavy atom. The number of thioether (sulfide) groups is 1. The number of anilines is 1. The summed E-state index contributed by atoms with van der Waals surface area (Å²) in [6.07, 6.45) is 3.20. The third-order valence-electron chi connectivity index (χ3n) is 4.32. The normalized spacial score (nSPS) is 15.7. The summed E-state index contributed by atoms with van der Waals surface area (Å²) in [5.74, 6) is 0.159. The second-order valence-corrected chi connectivity index (χ2v) is 7.93. The average molecular weight is 435 g/mol. The molecule has 0 saturated carbocycles. The van der Waals surface area contributed by atoms with Gasteiger partial charge in [0.25, 0.3) is 11.5 Å². The van der Waals surface area contributed by atoms with Crippen LogP contribution >= 0.6 is 24.0 Å². The van der Waals surface area contributed by atoms with Crippen LogP contribution in [-0.2, 0) is 9.53 Å². The number of carbonyl (C=O) groups is 1. The SMILES string of the molecule is CCN1C(=O)C(=Cc2c(NCCOCCO)nc3c(C)cccn3c2=O)SC1=S. The first-order valence-electron chi connectivity index (χ1n) is 9.17. The number of aromatic nitrogens is 2. The van der Waals surface area contributed by atoms with E-state index in [0.717, 1.165) is 5.56 Å². The van der Waals surface area contributed by atoms with Gasteiger partial charge in [0.05, 0.1) is 30.3 Å². The quantitative estimate of drug-likeness (QED) is 0.368. The predicted octanol–water partition coefficient (Wildman–Crippen LogP) is 1.64. The third kappa shape index (κ3) is 4.50. The lowest BCUT2D eigenvalue weighted by molar-refractivity contribution is -0.121. The number of aliphatic hydroxyl groups is 1. The maximum atomic E-state index is 13.2. The molecule has 0 radical (unpaired) electrons. The number of nitrogens with zero attached hydrogens (tertiary/aromatic N) is 3. The van der Waals surface area contributed by atoms with Gasteiger partial charge < -0.3 is 15.2 Å². The lowest BCUT2D eigenvalue weighted by Gasteiger charge is -2.12. The molecule has 0 bridgehead atoms. The maximum absolute atomic E-state index is 13.2. The van der Waals surface area contributed by atoms with E-state index in [1.54, 1.807) is 18.3 Å². The summed E-state index contributed by atoms with van der Waals surface area (Å²) in [6.45, 7) is 5.12. The molecule has 2 aromatic heterocycles. The van der Waals surface area contributed by atoms with Crippen molar-refractivity contribution in [2.24, 2.45) is 0 Å². The Kier molecular flexibility index (Phi) is 7.01. The number of aliphatic hydroxyl groups excluding tert-OH is 1. The van der Waals surface area contributed by atoms with Gasteiger partial charge in [0.15, 0.2) is 0 Å². The first-order chi connectivity index (χ1) is 14.0. The van der Waals surface area contributed by atoms with E-state index < -0.39 is 0 Å². The van der Waals surface area contributed by atoms with Crippen LogP contribution in [0.4, 0.5) is 5.82 Å². The lowest BCUT2D eigenvalue weighted by Crippen LogP contribution is -2.27. The van der Waals surface area contributed by atoms with Gasteiger partial charge in [-0.05, 0) is 31.6 Å². The molecule has 154 valence electrons. The minimum atomic E-state index is -0.278. The summed E-state index contributed by atoms with van der Waals surface area (Å²) in [5.41, 5.74) is 1.40. The molecule has 0 atom stereocenters. The van der Waals surface area contributed by atoms with Crippen molar-refractivity contribution in [3.05, 3.63) is 44.7 Å². The highest BCUT2D eigenvalue weighted by Gasteiger charge is 2.31. The molecular formula is C19H22N4O4S2. The van der Waals surface area contributed by atoms with Crippen LogP contribution in [0.25, 0.3) is 11.7 Å². The zero-order chi connectivity index (χ0) is 21.0. The number of thiocarbonyl (C=S) groups is 1. The number of ether oxygens (including phenoxy) is 1. The zero-order valence-electron chi connectivity index (χ0n) is 16.2. The number of hydrogen-bond acceptors (Lipinski definition) is 8. The molecule has 0 unspecified atom stereocenters. The minimum Gasteiger partial charge on any atom is -0.394 e. The summed E-state index contributed by atoms with van der Waals surface area (Å²) in [4.78, 5) is 32.3. The number of hydrogen-bond donors (Lipinski definition) is 2. The van der Waals surface area contributed by atoms with Crippen LogP contribution in [-0.4, -0.2) is 62.5 Å². The van der Waals surface area contributed by atoms with Gasteiger partial charge >= 0.3 is 0 Å². The largest absolute Gasteiger partial charge is 0.394 e. The highest BCUT2D eigenvalue weighted by Crippen LogP contribution is 2.32. The number of nitrogens with one attached hydrogen (secondary N) is 1. The van der Waals surface area contributed by atoms with E-state index in [1.807, 2.05) is 19.9 Å². The molecule has 1 aliphatic heterocycles. The number of aryl methyl sites for hydroxylation is 1.